The molecule has 7 heteroatoms. The highest BCUT2D eigenvalue weighted by Gasteiger charge is 2.03. The van der Waals surface area contributed by atoms with Crippen LogP contribution in [-0.2, 0) is 19.0 Å². The molecule has 0 aromatic carbocycles. The van der Waals surface area contributed by atoms with Gasteiger partial charge in [0.1, 0.15) is 0 Å². The van der Waals surface area contributed by atoms with Crippen LogP contribution in [0, 0.1) is 0 Å². The number of aliphatic hydroxyl groups excluding tert-OH is 2. The molecule has 1 unspecified atom stereocenters. The van der Waals surface area contributed by atoms with Gasteiger partial charge in [0.2, 0.25) is 0 Å². The van der Waals surface area contributed by atoms with Gasteiger partial charge in [-0.15, -0.1) is 0 Å². The van der Waals surface area contributed by atoms with E-state index in [-0.39, 0.29) is 13.2 Å². The van der Waals surface area contributed by atoms with Crippen molar-refractivity contribution in [3.05, 3.63) is 12.7 Å². The Hall–Kier alpha value is -0.990. The Bertz CT molecular complexity index is 179. The molecule has 0 aliphatic carbocycles. The van der Waals surface area contributed by atoms with Crippen LogP contribution in [0.15, 0.2) is 12.7 Å². The number of aliphatic hydroxyl groups is 2. The lowest BCUT2D eigenvalue weighted by atomic mass is 10.6. The molecule has 0 rings (SSSR count). The fraction of sp³-hybridized carbons (Fsp3) is 0.700. The number of carbonyl (C=O) groups is 1. The highest BCUT2D eigenvalue weighted by molar-refractivity contribution is 5.78. The van der Waals surface area contributed by atoms with Crippen molar-refractivity contribution < 1.29 is 34.3 Å². The first-order valence-corrected chi connectivity index (χ1v) is 4.91. The van der Waals surface area contributed by atoms with Crippen molar-refractivity contribution in [1.29, 1.82) is 0 Å². The normalized spacial score (nSPS) is 11.2. The van der Waals surface area contributed by atoms with Gasteiger partial charge in [-0.2, -0.15) is 0 Å². The largest absolute Gasteiger partial charge is 0.478 e. The Morgan fingerprint density at radius 2 is 1.94 bits per heavy atom. The molecule has 1 atom stereocenters. The number of rotatable bonds is 9. The molecule has 0 spiro atoms. The maximum absolute atomic E-state index is 9.25. The van der Waals surface area contributed by atoms with Gasteiger partial charge in [0.25, 0.3) is 0 Å². The third-order valence-electron chi connectivity index (χ3n) is 1.35. The molecule has 7 nitrogen and oxygen atoms in total. The van der Waals surface area contributed by atoms with Gasteiger partial charge in [0.15, 0.2) is 6.29 Å². The fourth-order valence-electron chi connectivity index (χ4n) is 0.600. The summed E-state index contributed by atoms with van der Waals surface area (Å²) in [6.07, 6.45) is 0.253. The predicted octanol–water partition coefficient (Wildman–Crippen LogP) is -0.766. The number of ether oxygens (including phenoxy) is 3. The maximum atomic E-state index is 9.25. The molecule has 0 aromatic rings. The van der Waals surface area contributed by atoms with Crippen LogP contribution in [0.4, 0.5) is 0 Å². The first kappa shape index (κ1) is 18.4. The fourth-order valence-corrected chi connectivity index (χ4v) is 0.600. The van der Waals surface area contributed by atoms with Gasteiger partial charge in [0.05, 0.1) is 33.0 Å². The minimum Gasteiger partial charge on any atom is -0.478 e. The number of hydrogen-bond acceptors (Lipinski definition) is 6. The van der Waals surface area contributed by atoms with E-state index in [1.807, 2.05) is 0 Å². The Labute approximate surface area is 100 Å². The van der Waals surface area contributed by atoms with Gasteiger partial charge >= 0.3 is 5.97 Å². The van der Waals surface area contributed by atoms with Gasteiger partial charge in [-0.1, -0.05) is 6.58 Å². The monoisotopic (exact) mass is 252 g/mol. The molecule has 0 aliphatic heterocycles. The van der Waals surface area contributed by atoms with E-state index >= 15 is 0 Å². The van der Waals surface area contributed by atoms with Crippen LogP contribution in [0.2, 0.25) is 0 Å². The van der Waals surface area contributed by atoms with Crippen molar-refractivity contribution in [2.75, 3.05) is 40.1 Å². The number of aliphatic carboxylic acids is 1. The van der Waals surface area contributed by atoms with E-state index in [1.54, 1.807) is 0 Å². The second-order valence-corrected chi connectivity index (χ2v) is 2.60. The summed E-state index contributed by atoms with van der Waals surface area (Å²) in [5, 5.41) is 24.5. The summed E-state index contributed by atoms with van der Waals surface area (Å²) < 4.78 is 14.6. The third kappa shape index (κ3) is 17.6. The minimum atomic E-state index is -0.981. The highest BCUT2D eigenvalue weighted by Crippen LogP contribution is 1.90. The molecule has 0 bridgehead atoms. The van der Waals surface area contributed by atoms with Gasteiger partial charge in [-0.05, 0) is 0 Å². The zero-order valence-corrected chi connectivity index (χ0v) is 9.87. The van der Waals surface area contributed by atoms with Crippen LogP contribution < -0.4 is 0 Å². The van der Waals surface area contributed by atoms with Gasteiger partial charge in [-0.3, -0.25) is 0 Å². The van der Waals surface area contributed by atoms with Crippen molar-refractivity contribution in [2.24, 2.45) is 0 Å². The van der Waals surface area contributed by atoms with Crippen LogP contribution in [0.5, 0.6) is 0 Å². The average Bonchev–Trinajstić information content (AvgIpc) is 2.34. The lowest BCUT2D eigenvalue weighted by molar-refractivity contribution is -0.154. The topological polar surface area (TPSA) is 105 Å². The Balaban J connectivity index is 0. The molecule has 0 fully saturated rings. The predicted molar refractivity (Wildman–Crippen MR) is 59.6 cm³/mol. The van der Waals surface area contributed by atoms with E-state index in [2.05, 4.69) is 6.58 Å². The molecule has 17 heavy (non-hydrogen) atoms. The van der Waals surface area contributed by atoms with Crippen LogP contribution in [0.25, 0.3) is 0 Å². The summed E-state index contributed by atoms with van der Waals surface area (Å²) >= 11 is 0. The first-order valence-electron chi connectivity index (χ1n) is 4.91. The van der Waals surface area contributed by atoms with E-state index < -0.39 is 12.3 Å². The van der Waals surface area contributed by atoms with Gasteiger partial charge in [0, 0.05) is 13.2 Å². The first-order chi connectivity index (χ1) is 8.12. The Morgan fingerprint density at radius 1 is 1.35 bits per heavy atom. The summed E-state index contributed by atoms with van der Waals surface area (Å²) in [5.41, 5.74) is 0. The SMILES string of the molecule is C=CC(=O)O.COC(CO)OCCOCCO. The van der Waals surface area contributed by atoms with Crippen LogP contribution in [0.3, 0.4) is 0 Å². The smallest absolute Gasteiger partial charge is 0.327 e. The van der Waals surface area contributed by atoms with Crippen LogP contribution in [-0.4, -0.2) is 67.7 Å². The summed E-state index contributed by atoms with van der Waals surface area (Å²) in [7, 11) is 1.45. The van der Waals surface area contributed by atoms with E-state index in [9.17, 15) is 4.79 Å². The number of methoxy groups -OCH3 is 1. The van der Waals surface area contributed by atoms with Crippen molar-refractivity contribution in [3.63, 3.8) is 0 Å². The van der Waals surface area contributed by atoms with Crippen LogP contribution in [0.1, 0.15) is 0 Å². The second-order valence-electron chi connectivity index (χ2n) is 2.60. The molecule has 0 aliphatic rings. The maximum Gasteiger partial charge on any atom is 0.327 e. The van der Waals surface area contributed by atoms with Crippen molar-refractivity contribution in [2.45, 2.75) is 6.29 Å². The van der Waals surface area contributed by atoms with E-state index in [0.29, 0.717) is 19.8 Å². The molecule has 0 radical (unpaired) electrons. The minimum absolute atomic E-state index is 0.00765. The van der Waals surface area contributed by atoms with Gasteiger partial charge < -0.3 is 29.5 Å². The summed E-state index contributed by atoms with van der Waals surface area (Å²) in [6.45, 7) is 3.84. The molecule has 102 valence electrons. The molecule has 3 N–H and O–H groups in total. The van der Waals surface area contributed by atoms with Crippen molar-refractivity contribution in [3.8, 4) is 0 Å². The highest BCUT2D eigenvalue weighted by atomic mass is 16.7. The van der Waals surface area contributed by atoms with E-state index in [1.165, 1.54) is 7.11 Å². The number of hydrogen-bond donors (Lipinski definition) is 3. The Kier molecular flexibility index (Phi) is 16.2. The molecule has 0 heterocycles. The zero-order valence-electron chi connectivity index (χ0n) is 9.87. The Morgan fingerprint density at radius 3 is 2.29 bits per heavy atom. The molecule has 0 saturated carbocycles. The number of carboxylic acid groups (broad SMARTS) is 1. The van der Waals surface area contributed by atoms with Crippen LogP contribution >= 0.6 is 0 Å². The van der Waals surface area contributed by atoms with E-state index in [0.717, 1.165) is 6.08 Å². The lowest BCUT2D eigenvalue weighted by Crippen LogP contribution is -2.22. The molecular formula is C10H20O7. The van der Waals surface area contributed by atoms with Crippen molar-refractivity contribution >= 4 is 5.97 Å². The van der Waals surface area contributed by atoms with E-state index in [4.69, 9.17) is 29.5 Å². The second kappa shape index (κ2) is 15.0. The molecular weight excluding hydrogens is 232 g/mol. The average molecular weight is 252 g/mol. The number of carboxylic acids is 1. The zero-order chi connectivity index (χ0) is 13.5. The summed E-state index contributed by atoms with van der Waals surface area (Å²) in [4.78, 5) is 9.25. The summed E-state index contributed by atoms with van der Waals surface area (Å²) in [6, 6.07) is 0. The third-order valence-corrected chi connectivity index (χ3v) is 1.35. The molecule has 0 saturated heterocycles. The quantitative estimate of drug-likeness (QED) is 0.281. The standard InChI is InChI=1S/C7H16O5.C3H4O2/c1-10-7(6-9)12-5-4-11-3-2-8;1-2-3(4)5/h7-9H,2-6H2,1H3;2H,1H2,(H,4,5). The molecule has 0 aromatic heterocycles. The molecule has 0 amide bonds. The summed E-state index contributed by atoms with van der Waals surface area (Å²) in [5.74, 6) is -0.981. The van der Waals surface area contributed by atoms with Gasteiger partial charge in [-0.25, -0.2) is 4.79 Å². The van der Waals surface area contributed by atoms with Crippen molar-refractivity contribution in [1.82, 2.24) is 0 Å². The lowest BCUT2D eigenvalue weighted by Gasteiger charge is -2.12.